The Morgan fingerprint density at radius 1 is 1.00 bits per heavy atom. The molecule has 0 saturated heterocycles. The SMILES string of the molecule is Cc1cccc(NC(=O)C2(C(=O)Nc3cccc(Cl)c3Cl)CC2)c1. The second-order valence-corrected chi connectivity index (χ2v) is 6.75. The molecule has 0 bridgehead atoms. The average Bonchev–Trinajstić information content (AvgIpc) is 3.34. The van der Waals surface area contributed by atoms with E-state index in [4.69, 9.17) is 23.2 Å². The fourth-order valence-corrected chi connectivity index (χ4v) is 2.85. The van der Waals surface area contributed by atoms with Crippen LogP contribution in [0.15, 0.2) is 42.5 Å². The molecule has 2 amide bonds. The summed E-state index contributed by atoms with van der Waals surface area (Å²) in [6.45, 7) is 1.94. The monoisotopic (exact) mass is 362 g/mol. The van der Waals surface area contributed by atoms with Crippen molar-refractivity contribution in [3.63, 3.8) is 0 Å². The molecule has 1 aliphatic rings. The number of rotatable bonds is 4. The number of aryl methyl sites for hydroxylation is 1. The molecule has 124 valence electrons. The Hall–Kier alpha value is -2.04. The summed E-state index contributed by atoms with van der Waals surface area (Å²) in [5.41, 5.74) is 1.08. The molecule has 2 aromatic carbocycles. The smallest absolute Gasteiger partial charge is 0.240 e. The zero-order valence-electron chi connectivity index (χ0n) is 13.0. The number of nitrogens with one attached hydrogen (secondary N) is 2. The van der Waals surface area contributed by atoms with Crippen molar-refractivity contribution in [2.45, 2.75) is 19.8 Å². The van der Waals surface area contributed by atoms with Crippen molar-refractivity contribution in [1.82, 2.24) is 0 Å². The van der Waals surface area contributed by atoms with Crippen LogP contribution in [0.2, 0.25) is 10.0 Å². The normalized spacial score (nSPS) is 14.8. The van der Waals surface area contributed by atoms with Crippen molar-refractivity contribution in [2.75, 3.05) is 10.6 Å². The van der Waals surface area contributed by atoms with Gasteiger partial charge < -0.3 is 10.6 Å². The highest BCUT2D eigenvalue weighted by molar-refractivity contribution is 6.44. The van der Waals surface area contributed by atoms with E-state index in [2.05, 4.69) is 10.6 Å². The Labute approximate surface area is 150 Å². The summed E-state index contributed by atoms with van der Waals surface area (Å²) in [5.74, 6) is -0.666. The predicted octanol–water partition coefficient (Wildman–Crippen LogP) is 4.66. The third kappa shape index (κ3) is 3.25. The van der Waals surface area contributed by atoms with Gasteiger partial charge in [0.15, 0.2) is 0 Å². The van der Waals surface area contributed by atoms with Crippen LogP contribution in [-0.2, 0) is 9.59 Å². The molecule has 2 N–H and O–H groups in total. The second-order valence-electron chi connectivity index (χ2n) is 5.96. The molecule has 1 saturated carbocycles. The zero-order valence-corrected chi connectivity index (χ0v) is 14.5. The van der Waals surface area contributed by atoms with Gasteiger partial charge in [0.2, 0.25) is 11.8 Å². The topological polar surface area (TPSA) is 58.2 Å². The van der Waals surface area contributed by atoms with E-state index >= 15 is 0 Å². The molecule has 0 atom stereocenters. The number of hydrogen-bond acceptors (Lipinski definition) is 2. The van der Waals surface area contributed by atoms with E-state index < -0.39 is 5.41 Å². The van der Waals surface area contributed by atoms with Crippen LogP contribution in [0, 0.1) is 12.3 Å². The van der Waals surface area contributed by atoms with E-state index in [-0.39, 0.29) is 16.8 Å². The van der Waals surface area contributed by atoms with Crippen molar-refractivity contribution >= 4 is 46.4 Å². The fourth-order valence-electron chi connectivity index (χ4n) is 2.50. The summed E-state index contributed by atoms with van der Waals surface area (Å²) in [5, 5.41) is 6.15. The maximum Gasteiger partial charge on any atom is 0.240 e. The molecule has 0 unspecified atom stereocenters. The Bertz CT molecular complexity index is 816. The lowest BCUT2D eigenvalue weighted by Crippen LogP contribution is -2.35. The van der Waals surface area contributed by atoms with Crippen molar-refractivity contribution in [3.05, 3.63) is 58.1 Å². The summed E-state index contributed by atoms with van der Waals surface area (Å²) < 4.78 is 0. The first kappa shape index (κ1) is 16.8. The second kappa shape index (κ2) is 6.46. The molecule has 2 aromatic rings. The minimum Gasteiger partial charge on any atom is -0.325 e. The first-order chi connectivity index (χ1) is 11.4. The van der Waals surface area contributed by atoms with Crippen LogP contribution in [0.3, 0.4) is 0 Å². The van der Waals surface area contributed by atoms with Gasteiger partial charge in [0.1, 0.15) is 5.41 Å². The van der Waals surface area contributed by atoms with E-state index in [0.29, 0.717) is 29.2 Å². The first-order valence-electron chi connectivity index (χ1n) is 7.56. The lowest BCUT2D eigenvalue weighted by Gasteiger charge is -2.16. The van der Waals surface area contributed by atoms with E-state index in [1.54, 1.807) is 24.3 Å². The molecule has 3 rings (SSSR count). The fraction of sp³-hybridized carbons (Fsp3) is 0.222. The van der Waals surface area contributed by atoms with Crippen LogP contribution >= 0.6 is 23.2 Å². The van der Waals surface area contributed by atoms with Crippen LogP contribution in [-0.4, -0.2) is 11.8 Å². The lowest BCUT2D eigenvalue weighted by atomic mass is 10.0. The predicted molar refractivity (Wildman–Crippen MR) is 96.6 cm³/mol. The highest BCUT2D eigenvalue weighted by atomic mass is 35.5. The number of anilines is 2. The molecule has 0 aromatic heterocycles. The summed E-state index contributed by atoms with van der Waals surface area (Å²) >= 11 is 12.0. The first-order valence-corrected chi connectivity index (χ1v) is 8.31. The van der Waals surface area contributed by atoms with Gasteiger partial charge in [-0.1, -0.05) is 41.4 Å². The van der Waals surface area contributed by atoms with Gasteiger partial charge in [0, 0.05) is 5.69 Å². The molecule has 1 fully saturated rings. The third-order valence-corrected chi connectivity index (χ3v) is 4.91. The number of halogens is 2. The summed E-state index contributed by atoms with van der Waals surface area (Å²) in [4.78, 5) is 25.1. The quantitative estimate of drug-likeness (QED) is 0.777. The lowest BCUT2D eigenvalue weighted by molar-refractivity contribution is -0.131. The molecule has 0 spiro atoms. The molecule has 1 aliphatic carbocycles. The van der Waals surface area contributed by atoms with Crippen LogP contribution in [0.25, 0.3) is 0 Å². The van der Waals surface area contributed by atoms with Gasteiger partial charge in [0.25, 0.3) is 0 Å². The highest BCUT2D eigenvalue weighted by Gasteiger charge is 2.56. The summed E-state index contributed by atoms with van der Waals surface area (Å²) in [6, 6.07) is 12.4. The molecular formula is C18H16Cl2N2O2. The molecule has 0 radical (unpaired) electrons. The standard InChI is InChI=1S/C18H16Cl2N2O2/c1-11-4-2-5-12(10-11)21-16(23)18(8-9-18)17(24)22-14-7-3-6-13(19)15(14)20/h2-7,10H,8-9H2,1H3,(H,21,23)(H,22,24). The molecular weight excluding hydrogens is 347 g/mol. The number of hydrogen-bond donors (Lipinski definition) is 2. The van der Waals surface area contributed by atoms with Crippen molar-refractivity contribution < 1.29 is 9.59 Å². The summed E-state index contributed by atoms with van der Waals surface area (Å²) in [6.07, 6.45) is 1.02. The van der Waals surface area contributed by atoms with Crippen LogP contribution in [0.1, 0.15) is 18.4 Å². The average molecular weight is 363 g/mol. The summed E-state index contributed by atoms with van der Waals surface area (Å²) in [7, 11) is 0. The number of carbonyl (C=O) groups is 2. The molecule has 4 nitrogen and oxygen atoms in total. The van der Waals surface area contributed by atoms with Crippen molar-refractivity contribution in [3.8, 4) is 0 Å². The van der Waals surface area contributed by atoms with Gasteiger partial charge in [0.05, 0.1) is 15.7 Å². The van der Waals surface area contributed by atoms with Crippen LogP contribution in [0.4, 0.5) is 11.4 Å². The Kier molecular flexibility index (Phi) is 4.52. The Balaban J connectivity index is 1.74. The van der Waals surface area contributed by atoms with Gasteiger partial charge in [-0.2, -0.15) is 0 Å². The highest BCUT2D eigenvalue weighted by Crippen LogP contribution is 2.48. The third-order valence-electron chi connectivity index (χ3n) is 4.10. The zero-order chi connectivity index (χ0) is 17.3. The molecule has 0 heterocycles. The largest absolute Gasteiger partial charge is 0.325 e. The van der Waals surface area contributed by atoms with Crippen LogP contribution in [0.5, 0.6) is 0 Å². The maximum absolute atomic E-state index is 12.6. The molecule has 6 heteroatoms. The Morgan fingerprint density at radius 2 is 1.67 bits per heavy atom. The minimum absolute atomic E-state index is 0.266. The van der Waals surface area contributed by atoms with Gasteiger partial charge in [-0.25, -0.2) is 0 Å². The minimum atomic E-state index is -1.05. The van der Waals surface area contributed by atoms with Crippen molar-refractivity contribution in [2.24, 2.45) is 5.41 Å². The van der Waals surface area contributed by atoms with E-state index in [1.807, 2.05) is 25.1 Å². The maximum atomic E-state index is 12.6. The number of amides is 2. The van der Waals surface area contributed by atoms with E-state index in [9.17, 15) is 9.59 Å². The van der Waals surface area contributed by atoms with Gasteiger partial charge in [-0.05, 0) is 49.6 Å². The number of benzene rings is 2. The van der Waals surface area contributed by atoms with Crippen LogP contribution < -0.4 is 10.6 Å². The van der Waals surface area contributed by atoms with E-state index in [1.165, 1.54) is 0 Å². The molecule has 0 aliphatic heterocycles. The van der Waals surface area contributed by atoms with Gasteiger partial charge >= 0.3 is 0 Å². The Morgan fingerprint density at radius 3 is 2.33 bits per heavy atom. The van der Waals surface area contributed by atoms with Gasteiger partial charge in [-0.15, -0.1) is 0 Å². The molecule has 24 heavy (non-hydrogen) atoms. The number of carbonyl (C=O) groups excluding carboxylic acids is 2. The van der Waals surface area contributed by atoms with E-state index in [0.717, 1.165) is 5.56 Å². The van der Waals surface area contributed by atoms with Crippen molar-refractivity contribution in [1.29, 1.82) is 0 Å². The van der Waals surface area contributed by atoms with Gasteiger partial charge in [-0.3, -0.25) is 9.59 Å².